The lowest BCUT2D eigenvalue weighted by molar-refractivity contribution is 1.17. The highest BCUT2D eigenvalue weighted by Gasteiger charge is 2.22. The number of rotatable bonds is 10. The van der Waals surface area contributed by atoms with Gasteiger partial charge in [-0.1, -0.05) is 231 Å². The van der Waals surface area contributed by atoms with E-state index in [1.807, 2.05) is 0 Å². The summed E-state index contributed by atoms with van der Waals surface area (Å²) < 4.78 is 2.40. The molecule has 0 fully saturated rings. The van der Waals surface area contributed by atoms with E-state index in [0.29, 0.717) is 0 Å². The van der Waals surface area contributed by atoms with Gasteiger partial charge < -0.3 is 9.47 Å². The molecule has 0 aliphatic carbocycles. The molecule has 1 aromatic heterocycles. The molecule has 12 rings (SSSR count). The molecular formula is C66H46N2. The number of aromatic nitrogens is 1. The fraction of sp³-hybridized carbons (Fsp3) is 0. The normalized spacial score (nSPS) is 11.2. The van der Waals surface area contributed by atoms with Crippen molar-refractivity contribution in [1.82, 2.24) is 4.57 Å². The summed E-state index contributed by atoms with van der Waals surface area (Å²) in [5.74, 6) is 0. The Kier molecular flexibility index (Phi) is 10.6. The fourth-order valence-electron chi connectivity index (χ4n) is 10.1. The summed E-state index contributed by atoms with van der Waals surface area (Å²) in [5, 5.41) is 2.49. The van der Waals surface area contributed by atoms with Crippen molar-refractivity contribution < 1.29 is 0 Å². The maximum absolute atomic E-state index is 2.42. The van der Waals surface area contributed by atoms with Gasteiger partial charge in [0.1, 0.15) is 0 Å². The van der Waals surface area contributed by atoms with Crippen LogP contribution in [0.2, 0.25) is 0 Å². The van der Waals surface area contributed by atoms with Crippen LogP contribution in [-0.2, 0) is 0 Å². The van der Waals surface area contributed by atoms with E-state index in [2.05, 4.69) is 289 Å². The number of benzene rings is 11. The minimum atomic E-state index is 1.06. The Morgan fingerprint density at radius 3 is 1.29 bits per heavy atom. The summed E-state index contributed by atoms with van der Waals surface area (Å²) >= 11 is 0. The van der Waals surface area contributed by atoms with Crippen LogP contribution in [0.5, 0.6) is 0 Å². The first-order valence-electron chi connectivity index (χ1n) is 23.3. The first kappa shape index (κ1) is 40.5. The van der Waals surface area contributed by atoms with Crippen molar-refractivity contribution in [2.75, 3.05) is 4.90 Å². The maximum atomic E-state index is 2.42. The van der Waals surface area contributed by atoms with E-state index in [-0.39, 0.29) is 0 Å². The Balaban J connectivity index is 1.03. The molecule has 0 amide bonds. The standard InChI is InChI=1S/C66H46N2/c1-4-20-47(21-5-1)48-38-40-51(41-39-48)57-29-12-15-35-63(57)67(54-26-18-27-55(46-54)68-64-36-16-13-30-60(64)61-31-14-17-37-65(61)68)53-44-42-52(43-45-53)59-34-19-33-58(50-24-8-3-9-25-50)66(59)62-32-11-10-28-56(62)49-22-6-2-7-23-49/h1-46H. The van der Waals surface area contributed by atoms with Crippen LogP contribution in [0.15, 0.2) is 279 Å². The maximum Gasteiger partial charge on any atom is 0.0541 e. The largest absolute Gasteiger partial charge is 0.310 e. The summed E-state index contributed by atoms with van der Waals surface area (Å²) in [5.41, 5.74) is 20.9. The number of nitrogens with zero attached hydrogens (tertiary/aromatic N) is 2. The van der Waals surface area contributed by atoms with Crippen LogP contribution in [-0.4, -0.2) is 4.57 Å². The smallest absolute Gasteiger partial charge is 0.0541 e. The van der Waals surface area contributed by atoms with Gasteiger partial charge in [-0.3, -0.25) is 0 Å². The van der Waals surface area contributed by atoms with Crippen molar-refractivity contribution in [1.29, 1.82) is 0 Å². The first-order chi connectivity index (χ1) is 33.8. The highest BCUT2D eigenvalue weighted by molar-refractivity contribution is 6.09. The van der Waals surface area contributed by atoms with Crippen LogP contribution in [0.25, 0.3) is 94.3 Å². The molecule has 0 N–H and O–H groups in total. The zero-order chi connectivity index (χ0) is 45.2. The number of hydrogen-bond donors (Lipinski definition) is 0. The summed E-state index contributed by atoms with van der Waals surface area (Å²) in [7, 11) is 0. The van der Waals surface area contributed by atoms with Gasteiger partial charge in [-0.15, -0.1) is 0 Å². The molecule has 0 saturated heterocycles. The first-order valence-corrected chi connectivity index (χ1v) is 23.3. The van der Waals surface area contributed by atoms with E-state index >= 15 is 0 Å². The quantitative estimate of drug-likeness (QED) is 0.133. The van der Waals surface area contributed by atoms with Crippen LogP contribution < -0.4 is 4.90 Å². The van der Waals surface area contributed by atoms with Gasteiger partial charge >= 0.3 is 0 Å². The van der Waals surface area contributed by atoms with Gasteiger partial charge in [-0.05, 0) is 110 Å². The van der Waals surface area contributed by atoms with Crippen molar-refractivity contribution in [3.63, 3.8) is 0 Å². The lowest BCUT2D eigenvalue weighted by Gasteiger charge is -2.29. The molecule has 1 heterocycles. The van der Waals surface area contributed by atoms with E-state index in [1.54, 1.807) is 0 Å². The minimum absolute atomic E-state index is 1.06. The highest BCUT2D eigenvalue weighted by atomic mass is 15.1. The number of fused-ring (bicyclic) bond motifs is 3. The molecule has 0 aliphatic heterocycles. The van der Waals surface area contributed by atoms with Crippen LogP contribution in [0, 0.1) is 0 Å². The molecule has 2 nitrogen and oxygen atoms in total. The molecule has 2 heteroatoms. The molecule has 0 unspecified atom stereocenters. The lowest BCUT2D eigenvalue weighted by atomic mass is 9.84. The molecule has 12 aromatic rings. The Morgan fingerprint density at radius 2 is 0.662 bits per heavy atom. The van der Waals surface area contributed by atoms with E-state index in [1.165, 1.54) is 71.9 Å². The second-order valence-electron chi connectivity index (χ2n) is 17.2. The average Bonchev–Trinajstić information content (AvgIpc) is 3.76. The molecular weight excluding hydrogens is 821 g/mol. The van der Waals surface area contributed by atoms with Crippen molar-refractivity contribution in [3.05, 3.63) is 279 Å². The highest BCUT2D eigenvalue weighted by Crippen LogP contribution is 2.46. The number of anilines is 3. The molecule has 0 atom stereocenters. The monoisotopic (exact) mass is 866 g/mol. The third kappa shape index (κ3) is 7.45. The minimum Gasteiger partial charge on any atom is -0.310 e. The van der Waals surface area contributed by atoms with Crippen LogP contribution >= 0.6 is 0 Å². The summed E-state index contributed by atoms with van der Waals surface area (Å²) in [6.07, 6.45) is 0. The summed E-state index contributed by atoms with van der Waals surface area (Å²) in [6.45, 7) is 0. The Bertz CT molecular complexity index is 3650. The molecule has 0 bridgehead atoms. The van der Waals surface area contributed by atoms with Gasteiger partial charge in [0.25, 0.3) is 0 Å². The summed E-state index contributed by atoms with van der Waals surface area (Å²) in [4.78, 5) is 2.42. The van der Waals surface area contributed by atoms with Gasteiger partial charge in [0.05, 0.1) is 16.7 Å². The second kappa shape index (κ2) is 17.8. The van der Waals surface area contributed by atoms with E-state index in [9.17, 15) is 0 Å². The third-order valence-electron chi connectivity index (χ3n) is 13.2. The van der Waals surface area contributed by atoms with Crippen molar-refractivity contribution >= 4 is 38.9 Å². The Hall–Kier alpha value is -8.98. The number of para-hydroxylation sites is 3. The predicted octanol–water partition coefficient (Wildman–Crippen LogP) is 18.3. The molecule has 68 heavy (non-hydrogen) atoms. The second-order valence-corrected chi connectivity index (χ2v) is 17.2. The molecule has 0 radical (unpaired) electrons. The SMILES string of the molecule is c1ccc(-c2ccc(-c3ccccc3N(c3ccc(-c4cccc(-c5ccccc5)c4-c4ccccc4-c4ccccc4)cc3)c3cccc(-n4c5ccccc5c5ccccc54)c3)cc2)cc1. The predicted molar refractivity (Wildman–Crippen MR) is 288 cm³/mol. The van der Waals surface area contributed by atoms with Crippen LogP contribution in [0.4, 0.5) is 17.1 Å². The van der Waals surface area contributed by atoms with Crippen molar-refractivity contribution in [2.24, 2.45) is 0 Å². The van der Waals surface area contributed by atoms with Crippen molar-refractivity contribution in [3.8, 4) is 72.4 Å². The Labute approximate surface area is 397 Å². The van der Waals surface area contributed by atoms with E-state index < -0.39 is 0 Å². The molecule has 320 valence electrons. The molecule has 0 aliphatic rings. The van der Waals surface area contributed by atoms with Crippen LogP contribution in [0.1, 0.15) is 0 Å². The zero-order valence-corrected chi connectivity index (χ0v) is 37.5. The van der Waals surface area contributed by atoms with E-state index in [4.69, 9.17) is 0 Å². The van der Waals surface area contributed by atoms with Crippen LogP contribution in [0.3, 0.4) is 0 Å². The fourth-order valence-corrected chi connectivity index (χ4v) is 10.1. The summed E-state index contributed by atoms with van der Waals surface area (Å²) in [6, 6.07) is 101. The lowest BCUT2D eigenvalue weighted by Crippen LogP contribution is -2.12. The molecule has 11 aromatic carbocycles. The van der Waals surface area contributed by atoms with Gasteiger partial charge in [-0.2, -0.15) is 0 Å². The molecule has 0 saturated carbocycles. The third-order valence-corrected chi connectivity index (χ3v) is 13.2. The van der Waals surface area contributed by atoms with Gasteiger partial charge in [0.2, 0.25) is 0 Å². The van der Waals surface area contributed by atoms with Gasteiger partial charge in [0.15, 0.2) is 0 Å². The Morgan fingerprint density at radius 1 is 0.250 bits per heavy atom. The number of hydrogen-bond acceptors (Lipinski definition) is 1. The average molecular weight is 867 g/mol. The van der Waals surface area contributed by atoms with Gasteiger partial charge in [-0.25, -0.2) is 0 Å². The van der Waals surface area contributed by atoms with Gasteiger partial charge in [0, 0.05) is 33.4 Å². The zero-order valence-electron chi connectivity index (χ0n) is 37.5. The van der Waals surface area contributed by atoms with Crippen molar-refractivity contribution in [2.45, 2.75) is 0 Å². The molecule has 0 spiro atoms. The van der Waals surface area contributed by atoms with E-state index in [0.717, 1.165) is 39.4 Å². The topological polar surface area (TPSA) is 8.17 Å².